The first-order valence-electron chi connectivity index (χ1n) is 8.09. The predicted octanol–water partition coefficient (Wildman–Crippen LogP) is 2.97. The maximum Gasteiger partial charge on any atom is 0.0827 e. The van der Waals surface area contributed by atoms with Gasteiger partial charge < -0.3 is 4.90 Å². The summed E-state index contributed by atoms with van der Waals surface area (Å²) in [5.74, 6) is 0. The fourth-order valence-corrected chi connectivity index (χ4v) is 3.35. The zero-order valence-electron chi connectivity index (χ0n) is 14.1. The van der Waals surface area contributed by atoms with Crippen molar-refractivity contribution < 1.29 is 0 Å². The number of aromatic nitrogens is 2. The van der Waals surface area contributed by atoms with Gasteiger partial charge in [0.1, 0.15) is 0 Å². The Hall–Kier alpha value is -1.81. The highest BCUT2D eigenvalue weighted by atomic mass is 15.3. The molecular weight excluding hydrogens is 272 g/mol. The molecule has 0 bridgehead atoms. The molecular formula is C18H26N4. The molecule has 1 aromatic carbocycles. The Balaban J connectivity index is 1.64. The zero-order valence-corrected chi connectivity index (χ0v) is 14.1. The number of H-pyrrole nitrogens is 1. The first kappa shape index (κ1) is 15.1. The standard InChI is InChI=1S/C18H26N4/c1-13-5-6-14(2)17(11-13)12-21-7-9-22(10-8-21)18-15(3)19-20-16(18)4/h5-6,11H,7-10,12H2,1-4H3,(H,19,20). The van der Waals surface area contributed by atoms with Gasteiger partial charge >= 0.3 is 0 Å². The van der Waals surface area contributed by atoms with Gasteiger partial charge in [0, 0.05) is 32.7 Å². The van der Waals surface area contributed by atoms with Gasteiger partial charge in [0.2, 0.25) is 0 Å². The number of nitrogens with one attached hydrogen (secondary N) is 1. The highest BCUT2D eigenvalue weighted by molar-refractivity contribution is 5.54. The normalized spacial score (nSPS) is 16.3. The van der Waals surface area contributed by atoms with E-state index >= 15 is 0 Å². The van der Waals surface area contributed by atoms with E-state index in [9.17, 15) is 0 Å². The molecule has 118 valence electrons. The molecule has 1 fully saturated rings. The molecule has 2 aromatic rings. The van der Waals surface area contributed by atoms with Crippen LogP contribution in [0.15, 0.2) is 18.2 Å². The van der Waals surface area contributed by atoms with Crippen LogP contribution < -0.4 is 4.90 Å². The van der Waals surface area contributed by atoms with Crippen LogP contribution in [0.5, 0.6) is 0 Å². The summed E-state index contributed by atoms with van der Waals surface area (Å²) in [7, 11) is 0. The molecule has 4 heteroatoms. The van der Waals surface area contributed by atoms with Crippen LogP contribution in [0.4, 0.5) is 5.69 Å². The van der Waals surface area contributed by atoms with E-state index in [0.717, 1.165) is 38.4 Å². The molecule has 0 spiro atoms. The van der Waals surface area contributed by atoms with Gasteiger partial charge in [-0.05, 0) is 38.8 Å². The Kier molecular flexibility index (Phi) is 4.21. The third-order valence-corrected chi connectivity index (χ3v) is 4.68. The second-order valence-electron chi connectivity index (χ2n) is 6.48. The molecule has 0 unspecified atom stereocenters. The predicted molar refractivity (Wildman–Crippen MR) is 91.5 cm³/mol. The molecule has 0 saturated carbocycles. The summed E-state index contributed by atoms with van der Waals surface area (Å²) in [5, 5.41) is 7.41. The van der Waals surface area contributed by atoms with Crippen LogP contribution in [0, 0.1) is 27.7 Å². The van der Waals surface area contributed by atoms with Crippen molar-refractivity contribution in [3.05, 3.63) is 46.3 Å². The molecule has 1 aromatic heterocycles. The third-order valence-electron chi connectivity index (χ3n) is 4.68. The van der Waals surface area contributed by atoms with Crippen LogP contribution in [0.2, 0.25) is 0 Å². The van der Waals surface area contributed by atoms with E-state index < -0.39 is 0 Å². The molecule has 0 radical (unpaired) electrons. The van der Waals surface area contributed by atoms with Crippen LogP contribution in [-0.2, 0) is 6.54 Å². The second-order valence-corrected chi connectivity index (χ2v) is 6.48. The number of hydrogen-bond acceptors (Lipinski definition) is 3. The number of hydrogen-bond donors (Lipinski definition) is 1. The Morgan fingerprint density at radius 2 is 1.77 bits per heavy atom. The molecule has 3 rings (SSSR count). The van der Waals surface area contributed by atoms with Gasteiger partial charge in [-0.3, -0.25) is 10.00 Å². The highest BCUT2D eigenvalue weighted by Crippen LogP contribution is 2.24. The smallest absolute Gasteiger partial charge is 0.0827 e. The lowest BCUT2D eigenvalue weighted by atomic mass is 10.0. The summed E-state index contributed by atoms with van der Waals surface area (Å²) in [4.78, 5) is 5.02. The molecule has 1 aliphatic heterocycles. The van der Waals surface area contributed by atoms with Crippen LogP contribution in [0.3, 0.4) is 0 Å². The molecule has 2 heterocycles. The first-order valence-corrected chi connectivity index (χ1v) is 8.09. The fraction of sp³-hybridized carbons (Fsp3) is 0.500. The van der Waals surface area contributed by atoms with Crippen LogP contribution in [-0.4, -0.2) is 41.3 Å². The second kappa shape index (κ2) is 6.13. The van der Waals surface area contributed by atoms with Crippen molar-refractivity contribution in [2.75, 3.05) is 31.1 Å². The Labute approximate surface area is 133 Å². The van der Waals surface area contributed by atoms with Gasteiger partial charge in [-0.2, -0.15) is 5.10 Å². The Bertz CT molecular complexity index is 632. The quantitative estimate of drug-likeness (QED) is 0.946. The highest BCUT2D eigenvalue weighted by Gasteiger charge is 2.21. The molecule has 0 atom stereocenters. The molecule has 22 heavy (non-hydrogen) atoms. The summed E-state index contributed by atoms with van der Waals surface area (Å²) >= 11 is 0. The van der Waals surface area contributed by atoms with E-state index in [4.69, 9.17) is 0 Å². The molecule has 4 nitrogen and oxygen atoms in total. The van der Waals surface area contributed by atoms with Gasteiger partial charge in [-0.25, -0.2) is 0 Å². The summed E-state index contributed by atoms with van der Waals surface area (Å²) in [6, 6.07) is 6.76. The minimum atomic E-state index is 1.06. The van der Waals surface area contributed by atoms with Crippen LogP contribution >= 0.6 is 0 Å². The monoisotopic (exact) mass is 298 g/mol. The summed E-state index contributed by atoms with van der Waals surface area (Å²) in [5.41, 5.74) is 7.80. The van der Waals surface area contributed by atoms with Crippen molar-refractivity contribution in [2.24, 2.45) is 0 Å². The molecule has 1 saturated heterocycles. The van der Waals surface area contributed by atoms with Crippen LogP contribution in [0.25, 0.3) is 0 Å². The lowest BCUT2D eigenvalue weighted by molar-refractivity contribution is 0.249. The molecule has 1 aliphatic rings. The minimum absolute atomic E-state index is 1.06. The number of nitrogens with zero attached hydrogens (tertiary/aromatic N) is 3. The average Bonchev–Trinajstić information content (AvgIpc) is 2.83. The van der Waals surface area contributed by atoms with E-state index in [1.165, 1.54) is 28.1 Å². The summed E-state index contributed by atoms with van der Waals surface area (Å²) < 4.78 is 0. The number of piperazine rings is 1. The van der Waals surface area contributed by atoms with E-state index in [1.807, 2.05) is 0 Å². The van der Waals surface area contributed by atoms with Crippen molar-refractivity contribution in [3.8, 4) is 0 Å². The number of benzene rings is 1. The maximum atomic E-state index is 4.32. The molecule has 0 aliphatic carbocycles. The van der Waals surface area contributed by atoms with Crippen molar-refractivity contribution in [1.29, 1.82) is 0 Å². The number of rotatable bonds is 3. The third kappa shape index (κ3) is 3.02. The van der Waals surface area contributed by atoms with Crippen molar-refractivity contribution >= 4 is 5.69 Å². The van der Waals surface area contributed by atoms with E-state index in [2.05, 4.69) is 65.9 Å². The summed E-state index contributed by atoms with van der Waals surface area (Å²) in [6.07, 6.45) is 0. The lowest BCUT2D eigenvalue weighted by Crippen LogP contribution is -2.46. The van der Waals surface area contributed by atoms with Crippen molar-refractivity contribution in [2.45, 2.75) is 34.2 Å². The van der Waals surface area contributed by atoms with E-state index in [1.54, 1.807) is 0 Å². The Morgan fingerprint density at radius 1 is 1.05 bits per heavy atom. The maximum absolute atomic E-state index is 4.32. The first-order chi connectivity index (χ1) is 10.5. The minimum Gasteiger partial charge on any atom is -0.366 e. The van der Waals surface area contributed by atoms with E-state index in [-0.39, 0.29) is 0 Å². The van der Waals surface area contributed by atoms with Gasteiger partial charge in [-0.15, -0.1) is 0 Å². The van der Waals surface area contributed by atoms with Gasteiger partial charge in [0.15, 0.2) is 0 Å². The van der Waals surface area contributed by atoms with E-state index in [0.29, 0.717) is 0 Å². The average molecular weight is 298 g/mol. The van der Waals surface area contributed by atoms with Gasteiger partial charge in [0.05, 0.1) is 17.1 Å². The fourth-order valence-electron chi connectivity index (χ4n) is 3.35. The Morgan fingerprint density at radius 3 is 2.41 bits per heavy atom. The van der Waals surface area contributed by atoms with Gasteiger partial charge in [0.25, 0.3) is 0 Å². The number of aromatic amines is 1. The SMILES string of the molecule is Cc1ccc(C)c(CN2CCN(c3c(C)n[nH]c3C)CC2)c1. The van der Waals surface area contributed by atoms with Gasteiger partial charge in [-0.1, -0.05) is 23.8 Å². The topological polar surface area (TPSA) is 35.2 Å². The molecule has 0 amide bonds. The number of aryl methyl sites for hydroxylation is 4. The largest absolute Gasteiger partial charge is 0.366 e. The van der Waals surface area contributed by atoms with Crippen molar-refractivity contribution in [1.82, 2.24) is 15.1 Å². The lowest BCUT2D eigenvalue weighted by Gasteiger charge is -2.36. The number of anilines is 1. The van der Waals surface area contributed by atoms with Crippen LogP contribution in [0.1, 0.15) is 28.1 Å². The zero-order chi connectivity index (χ0) is 15.7. The summed E-state index contributed by atoms with van der Waals surface area (Å²) in [6.45, 7) is 14.0. The van der Waals surface area contributed by atoms with Crippen molar-refractivity contribution in [3.63, 3.8) is 0 Å². The molecule has 1 N–H and O–H groups in total.